The van der Waals surface area contributed by atoms with Gasteiger partial charge in [-0.3, -0.25) is 5.41 Å². The van der Waals surface area contributed by atoms with Gasteiger partial charge in [0.2, 0.25) is 0 Å². The lowest BCUT2D eigenvalue weighted by Gasteiger charge is -1.97. The van der Waals surface area contributed by atoms with Crippen molar-refractivity contribution in [2.24, 2.45) is 5.73 Å². The molecular weight excluding hydrogens is 152 g/mol. The third-order valence-corrected chi connectivity index (χ3v) is 1.75. The highest BCUT2D eigenvalue weighted by Crippen LogP contribution is 2.13. The van der Waals surface area contributed by atoms with Crippen LogP contribution < -0.4 is 5.73 Å². The van der Waals surface area contributed by atoms with Crippen LogP contribution in [0.1, 0.15) is 5.56 Å². The fourth-order valence-corrected chi connectivity index (χ4v) is 1.20. The third-order valence-electron chi connectivity index (χ3n) is 1.75. The van der Waals surface area contributed by atoms with Gasteiger partial charge in [-0.25, -0.2) is 4.98 Å². The number of amidine groups is 1. The van der Waals surface area contributed by atoms with Crippen molar-refractivity contribution in [2.45, 2.75) is 0 Å². The van der Waals surface area contributed by atoms with Crippen LogP contribution in [0.4, 0.5) is 0 Å². The number of H-pyrrole nitrogens is 1. The minimum absolute atomic E-state index is 0.0713. The molecule has 2 aromatic rings. The Morgan fingerprint density at radius 2 is 2.33 bits per heavy atom. The Kier molecular flexibility index (Phi) is 1.33. The van der Waals surface area contributed by atoms with Crippen LogP contribution in [-0.2, 0) is 0 Å². The number of nitrogen functional groups attached to an aromatic ring is 1. The molecule has 4 nitrogen and oxygen atoms in total. The van der Waals surface area contributed by atoms with Crippen molar-refractivity contribution in [3.8, 4) is 0 Å². The first-order valence-electron chi connectivity index (χ1n) is 3.55. The summed E-state index contributed by atoms with van der Waals surface area (Å²) in [7, 11) is 0. The van der Waals surface area contributed by atoms with E-state index in [2.05, 4.69) is 9.97 Å². The van der Waals surface area contributed by atoms with Crippen LogP contribution in [0.2, 0.25) is 0 Å². The predicted molar refractivity (Wildman–Crippen MR) is 47.1 cm³/mol. The maximum Gasteiger partial charge on any atom is 0.137 e. The second kappa shape index (κ2) is 2.34. The number of nitrogens with zero attached hydrogens (tertiary/aromatic N) is 1. The van der Waals surface area contributed by atoms with Crippen molar-refractivity contribution >= 4 is 16.9 Å². The van der Waals surface area contributed by atoms with E-state index in [1.807, 2.05) is 6.07 Å². The molecule has 0 saturated carbocycles. The zero-order valence-corrected chi connectivity index (χ0v) is 6.33. The van der Waals surface area contributed by atoms with E-state index in [0.29, 0.717) is 0 Å². The summed E-state index contributed by atoms with van der Waals surface area (Å²) >= 11 is 0. The van der Waals surface area contributed by atoms with Gasteiger partial charge in [-0.1, -0.05) is 0 Å². The topological polar surface area (TPSA) is 78.6 Å². The van der Waals surface area contributed by atoms with Crippen molar-refractivity contribution in [3.63, 3.8) is 0 Å². The summed E-state index contributed by atoms with van der Waals surface area (Å²) in [6.45, 7) is 0. The first-order valence-corrected chi connectivity index (χ1v) is 3.55. The Hall–Kier alpha value is -1.84. The summed E-state index contributed by atoms with van der Waals surface area (Å²) in [6, 6.07) is 3.59. The van der Waals surface area contributed by atoms with E-state index in [1.165, 1.54) is 0 Å². The molecule has 4 heteroatoms. The molecule has 0 aliphatic heterocycles. The monoisotopic (exact) mass is 160 g/mol. The maximum absolute atomic E-state index is 7.29. The average Bonchev–Trinajstić information content (AvgIpc) is 2.49. The smallest absolute Gasteiger partial charge is 0.137 e. The van der Waals surface area contributed by atoms with Gasteiger partial charge in [0.05, 0.1) is 0 Å². The van der Waals surface area contributed by atoms with Crippen LogP contribution >= 0.6 is 0 Å². The Morgan fingerprint density at radius 3 is 3.08 bits per heavy atom. The maximum atomic E-state index is 7.29. The molecule has 0 aliphatic rings. The summed E-state index contributed by atoms with van der Waals surface area (Å²) in [5, 5.41) is 8.19. The molecule has 0 unspecified atom stereocenters. The zero-order chi connectivity index (χ0) is 8.55. The molecule has 2 rings (SSSR count). The molecule has 0 spiro atoms. The van der Waals surface area contributed by atoms with E-state index < -0.39 is 0 Å². The van der Waals surface area contributed by atoms with Gasteiger partial charge in [0, 0.05) is 23.3 Å². The fourth-order valence-electron chi connectivity index (χ4n) is 1.20. The van der Waals surface area contributed by atoms with E-state index in [-0.39, 0.29) is 5.84 Å². The summed E-state index contributed by atoms with van der Waals surface area (Å²) in [5.41, 5.74) is 6.87. The molecule has 0 atom stereocenters. The molecule has 2 heterocycles. The Bertz CT molecular complexity index is 429. The standard InChI is InChI=1S/C8H8N4/c9-7(10)5-1-3-11-8-6(5)2-4-12-8/h1-4H,(H3,9,10)(H,11,12). The first-order chi connectivity index (χ1) is 5.79. The second-order valence-electron chi connectivity index (χ2n) is 2.51. The molecule has 0 aliphatic carbocycles. The van der Waals surface area contributed by atoms with Gasteiger partial charge in [-0.15, -0.1) is 0 Å². The number of hydrogen-bond donors (Lipinski definition) is 3. The molecule has 0 aromatic carbocycles. The number of pyridine rings is 1. The molecule has 0 saturated heterocycles. The third kappa shape index (κ3) is 0.852. The lowest BCUT2D eigenvalue weighted by molar-refractivity contribution is 1.32. The van der Waals surface area contributed by atoms with Gasteiger partial charge in [-0.2, -0.15) is 0 Å². The van der Waals surface area contributed by atoms with Gasteiger partial charge in [0.25, 0.3) is 0 Å². The van der Waals surface area contributed by atoms with Crippen molar-refractivity contribution in [2.75, 3.05) is 0 Å². The number of aromatic amines is 1. The van der Waals surface area contributed by atoms with Gasteiger partial charge >= 0.3 is 0 Å². The molecule has 12 heavy (non-hydrogen) atoms. The van der Waals surface area contributed by atoms with Crippen molar-refractivity contribution in [1.29, 1.82) is 5.41 Å². The zero-order valence-electron chi connectivity index (χ0n) is 6.33. The number of nitrogens with one attached hydrogen (secondary N) is 2. The molecule has 4 N–H and O–H groups in total. The minimum Gasteiger partial charge on any atom is -0.384 e. The van der Waals surface area contributed by atoms with Crippen LogP contribution in [0, 0.1) is 5.41 Å². The summed E-state index contributed by atoms with van der Waals surface area (Å²) in [6.07, 6.45) is 3.42. The van der Waals surface area contributed by atoms with Crippen molar-refractivity contribution < 1.29 is 0 Å². The van der Waals surface area contributed by atoms with E-state index in [0.717, 1.165) is 16.6 Å². The van der Waals surface area contributed by atoms with Crippen molar-refractivity contribution in [3.05, 3.63) is 30.1 Å². The Morgan fingerprint density at radius 1 is 1.50 bits per heavy atom. The number of nitrogens with two attached hydrogens (primary N) is 1. The second-order valence-corrected chi connectivity index (χ2v) is 2.51. The SMILES string of the molecule is N=C(N)c1ccnc2[nH]ccc12. The highest BCUT2D eigenvalue weighted by Gasteiger charge is 2.03. The summed E-state index contributed by atoms with van der Waals surface area (Å²) < 4.78 is 0. The molecule has 0 bridgehead atoms. The predicted octanol–water partition coefficient (Wildman–Crippen LogP) is 0.847. The normalized spacial score (nSPS) is 10.3. The average molecular weight is 160 g/mol. The van der Waals surface area contributed by atoms with Crippen LogP contribution in [0.5, 0.6) is 0 Å². The van der Waals surface area contributed by atoms with E-state index >= 15 is 0 Å². The van der Waals surface area contributed by atoms with Gasteiger partial charge in [0.15, 0.2) is 0 Å². The highest BCUT2D eigenvalue weighted by atomic mass is 14.8. The van der Waals surface area contributed by atoms with Crippen LogP contribution in [0.3, 0.4) is 0 Å². The number of fused-ring (bicyclic) bond motifs is 1. The number of hydrogen-bond acceptors (Lipinski definition) is 2. The summed E-state index contributed by atoms with van der Waals surface area (Å²) in [5.74, 6) is 0.0713. The summed E-state index contributed by atoms with van der Waals surface area (Å²) in [4.78, 5) is 7.03. The Balaban J connectivity index is 2.82. The van der Waals surface area contributed by atoms with Crippen LogP contribution in [0.25, 0.3) is 11.0 Å². The minimum atomic E-state index is 0.0713. The fraction of sp³-hybridized carbons (Fsp3) is 0. The quantitative estimate of drug-likeness (QED) is 0.427. The first kappa shape index (κ1) is 6.84. The van der Waals surface area contributed by atoms with E-state index in [9.17, 15) is 0 Å². The van der Waals surface area contributed by atoms with E-state index in [4.69, 9.17) is 11.1 Å². The molecule has 60 valence electrons. The van der Waals surface area contributed by atoms with Gasteiger partial charge in [0.1, 0.15) is 11.5 Å². The molecular formula is C8H8N4. The van der Waals surface area contributed by atoms with Gasteiger partial charge in [-0.05, 0) is 12.1 Å². The van der Waals surface area contributed by atoms with Crippen LogP contribution in [0.15, 0.2) is 24.5 Å². The number of aromatic nitrogens is 2. The van der Waals surface area contributed by atoms with Crippen LogP contribution in [-0.4, -0.2) is 15.8 Å². The largest absolute Gasteiger partial charge is 0.384 e. The van der Waals surface area contributed by atoms with Gasteiger partial charge < -0.3 is 10.7 Å². The number of rotatable bonds is 1. The lowest BCUT2D eigenvalue weighted by atomic mass is 10.2. The molecule has 0 amide bonds. The molecule has 0 radical (unpaired) electrons. The van der Waals surface area contributed by atoms with Crippen molar-refractivity contribution in [1.82, 2.24) is 9.97 Å². The highest BCUT2D eigenvalue weighted by molar-refractivity contribution is 6.05. The lowest BCUT2D eigenvalue weighted by Crippen LogP contribution is -2.11. The molecule has 2 aromatic heterocycles. The Labute approximate surface area is 68.9 Å². The van der Waals surface area contributed by atoms with E-state index in [1.54, 1.807) is 18.5 Å². The molecule has 0 fully saturated rings.